The van der Waals surface area contributed by atoms with E-state index in [0.717, 1.165) is 66.3 Å². The van der Waals surface area contributed by atoms with E-state index in [4.69, 9.17) is 19.4 Å². The summed E-state index contributed by atoms with van der Waals surface area (Å²) in [5.41, 5.74) is 12.3. The van der Waals surface area contributed by atoms with Gasteiger partial charge < -0.3 is 8.98 Å². The number of fused-ring (bicyclic) bond motifs is 7. The van der Waals surface area contributed by atoms with Crippen molar-refractivity contribution in [3.63, 3.8) is 0 Å². The Balaban J connectivity index is 1.06. The molecule has 0 unspecified atom stereocenters. The summed E-state index contributed by atoms with van der Waals surface area (Å²) in [7, 11) is 0. The van der Waals surface area contributed by atoms with Gasteiger partial charge in [0.25, 0.3) is 0 Å². The number of furan rings is 1. The molecule has 11 aromatic rings. The second-order valence-corrected chi connectivity index (χ2v) is 14.0. The van der Waals surface area contributed by atoms with Crippen LogP contribution in [0.1, 0.15) is 0 Å². The zero-order valence-electron chi connectivity index (χ0n) is 30.2. The van der Waals surface area contributed by atoms with E-state index in [0.29, 0.717) is 17.5 Å². The van der Waals surface area contributed by atoms with Gasteiger partial charge in [-0.1, -0.05) is 152 Å². The molecule has 0 aliphatic rings. The summed E-state index contributed by atoms with van der Waals surface area (Å²) < 4.78 is 9.13. The lowest BCUT2D eigenvalue weighted by Gasteiger charge is -2.09. The molecule has 0 N–H and O–H groups in total. The van der Waals surface area contributed by atoms with Crippen LogP contribution in [0.4, 0.5) is 0 Å². The van der Waals surface area contributed by atoms with Crippen LogP contribution in [0.5, 0.6) is 0 Å². The molecule has 0 aliphatic heterocycles. The number of rotatable bonds is 6. The Kier molecular flexibility index (Phi) is 7.42. The molecule has 0 spiro atoms. The van der Waals surface area contributed by atoms with Crippen LogP contribution in [0.2, 0.25) is 0 Å². The lowest BCUT2D eigenvalue weighted by atomic mass is 10.0. The third-order valence-corrected chi connectivity index (χ3v) is 10.7. The maximum Gasteiger partial charge on any atom is 0.164 e. The molecule has 0 saturated heterocycles. The van der Waals surface area contributed by atoms with Gasteiger partial charge in [0.15, 0.2) is 23.1 Å². The highest BCUT2D eigenvalue weighted by atomic mass is 16.3. The van der Waals surface area contributed by atoms with Crippen LogP contribution in [0.3, 0.4) is 0 Å². The van der Waals surface area contributed by atoms with Gasteiger partial charge in [0.2, 0.25) is 0 Å². The summed E-state index contributed by atoms with van der Waals surface area (Å²) in [5.74, 6) is 1.85. The predicted molar refractivity (Wildman–Crippen MR) is 229 cm³/mol. The van der Waals surface area contributed by atoms with Gasteiger partial charge in [-0.15, -0.1) is 0 Å². The average Bonchev–Trinajstić information content (AvgIpc) is 3.83. The minimum Gasteiger partial charge on any atom is -0.454 e. The lowest BCUT2D eigenvalue weighted by Crippen LogP contribution is -2.00. The normalized spacial score (nSPS) is 11.6. The molecule has 0 atom stereocenters. The van der Waals surface area contributed by atoms with Gasteiger partial charge in [0.05, 0.1) is 11.0 Å². The molecule has 5 heteroatoms. The van der Waals surface area contributed by atoms with Gasteiger partial charge in [-0.05, 0) is 64.7 Å². The summed E-state index contributed by atoms with van der Waals surface area (Å²) >= 11 is 0. The van der Waals surface area contributed by atoms with Crippen molar-refractivity contribution in [3.8, 4) is 62.1 Å². The van der Waals surface area contributed by atoms with E-state index >= 15 is 0 Å². The number of benzene rings is 8. The van der Waals surface area contributed by atoms with Gasteiger partial charge in [-0.3, -0.25) is 0 Å². The maximum absolute atomic E-state index is 6.80. The van der Waals surface area contributed by atoms with Crippen molar-refractivity contribution < 1.29 is 4.42 Å². The maximum atomic E-state index is 6.80. The number of hydrogen-bond acceptors (Lipinski definition) is 4. The minimum atomic E-state index is 0.603. The summed E-state index contributed by atoms with van der Waals surface area (Å²) in [5, 5.41) is 4.37. The molecule has 0 bridgehead atoms. The molecule has 3 aromatic heterocycles. The van der Waals surface area contributed by atoms with Crippen molar-refractivity contribution in [2.75, 3.05) is 0 Å². The molecule has 11 rings (SSSR count). The molecule has 0 amide bonds. The average molecular weight is 717 g/mol. The largest absolute Gasteiger partial charge is 0.454 e. The van der Waals surface area contributed by atoms with Crippen LogP contribution in [-0.2, 0) is 0 Å². The standard InChI is InChI=1S/C51H32N4O/c1-4-12-33(13-5-1)35-20-22-38(23-21-35)50-52-49(37-16-8-3-9-17-37)53-51(54-50)39-26-31-46-44(32-39)43-30-29-42-41-18-10-11-19-45(41)55(47(42)48(43)56-46)40-27-24-36(25-28-40)34-14-6-2-7-15-34/h1-32H. The van der Waals surface area contributed by atoms with E-state index in [1.807, 2.05) is 54.6 Å². The third kappa shape index (κ3) is 5.37. The fourth-order valence-electron chi connectivity index (χ4n) is 7.92. The third-order valence-electron chi connectivity index (χ3n) is 10.7. The van der Waals surface area contributed by atoms with E-state index in [2.05, 4.69) is 144 Å². The van der Waals surface area contributed by atoms with Gasteiger partial charge in [0, 0.05) is 43.9 Å². The highest BCUT2D eigenvalue weighted by molar-refractivity contribution is 6.21. The molecular formula is C51H32N4O. The number of hydrogen-bond donors (Lipinski definition) is 0. The SMILES string of the molecule is c1ccc(-c2ccc(-c3nc(-c4ccccc4)nc(-c4ccc5oc6c(ccc7c8ccccc8n(-c8ccc(-c9ccccc9)cc8)c76)c5c4)n3)cc2)cc1. The molecule has 0 saturated carbocycles. The van der Waals surface area contributed by atoms with Crippen molar-refractivity contribution in [2.24, 2.45) is 0 Å². The summed E-state index contributed by atoms with van der Waals surface area (Å²) in [6.45, 7) is 0. The van der Waals surface area contributed by atoms with E-state index in [1.54, 1.807) is 0 Å². The first-order valence-electron chi connectivity index (χ1n) is 18.8. The van der Waals surface area contributed by atoms with E-state index < -0.39 is 0 Å². The first-order valence-corrected chi connectivity index (χ1v) is 18.8. The Morgan fingerprint density at radius 2 is 0.804 bits per heavy atom. The van der Waals surface area contributed by atoms with Crippen molar-refractivity contribution in [2.45, 2.75) is 0 Å². The molecular weight excluding hydrogens is 685 g/mol. The zero-order chi connectivity index (χ0) is 37.0. The molecule has 5 nitrogen and oxygen atoms in total. The topological polar surface area (TPSA) is 56.7 Å². The second-order valence-electron chi connectivity index (χ2n) is 14.0. The summed E-state index contributed by atoms with van der Waals surface area (Å²) in [4.78, 5) is 15.1. The first kappa shape index (κ1) is 31.9. The van der Waals surface area contributed by atoms with Crippen LogP contribution in [0, 0.1) is 0 Å². The molecule has 8 aromatic carbocycles. The molecule has 3 heterocycles. The van der Waals surface area contributed by atoms with E-state index in [-0.39, 0.29) is 0 Å². The Bertz CT molecular complexity index is 3200. The van der Waals surface area contributed by atoms with E-state index in [9.17, 15) is 0 Å². The fourth-order valence-corrected chi connectivity index (χ4v) is 7.92. The molecule has 0 fully saturated rings. The van der Waals surface area contributed by atoms with Crippen LogP contribution >= 0.6 is 0 Å². The molecule has 262 valence electrons. The van der Waals surface area contributed by atoms with Gasteiger partial charge in [-0.2, -0.15) is 0 Å². The van der Waals surface area contributed by atoms with E-state index in [1.165, 1.54) is 22.1 Å². The van der Waals surface area contributed by atoms with Crippen molar-refractivity contribution >= 4 is 43.7 Å². The van der Waals surface area contributed by atoms with Crippen molar-refractivity contribution in [3.05, 3.63) is 194 Å². The monoisotopic (exact) mass is 716 g/mol. The van der Waals surface area contributed by atoms with Gasteiger partial charge in [0.1, 0.15) is 5.58 Å². The van der Waals surface area contributed by atoms with Crippen LogP contribution in [0.25, 0.3) is 106 Å². The van der Waals surface area contributed by atoms with Crippen molar-refractivity contribution in [1.29, 1.82) is 0 Å². The minimum absolute atomic E-state index is 0.603. The summed E-state index contributed by atoms with van der Waals surface area (Å²) in [6.07, 6.45) is 0. The molecule has 0 aliphatic carbocycles. The number of para-hydroxylation sites is 1. The Morgan fingerprint density at radius 3 is 1.45 bits per heavy atom. The highest BCUT2D eigenvalue weighted by Crippen LogP contribution is 2.41. The summed E-state index contributed by atoms with van der Waals surface area (Å²) in [6, 6.07) is 67.4. The predicted octanol–water partition coefficient (Wildman–Crippen LogP) is 13.2. The lowest BCUT2D eigenvalue weighted by molar-refractivity contribution is 0.671. The van der Waals surface area contributed by atoms with Crippen LogP contribution in [0.15, 0.2) is 199 Å². The highest BCUT2D eigenvalue weighted by Gasteiger charge is 2.20. The smallest absolute Gasteiger partial charge is 0.164 e. The van der Waals surface area contributed by atoms with Crippen molar-refractivity contribution in [1.82, 2.24) is 19.5 Å². The Hall–Kier alpha value is -7.63. The Labute approximate surface area is 322 Å². The fraction of sp³-hybridized carbons (Fsp3) is 0. The quantitative estimate of drug-likeness (QED) is 0.172. The second kappa shape index (κ2) is 13.0. The van der Waals surface area contributed by atoms with Gasteiger partial charge >= 0.3 is 0 Å². The van der Waals surface area contributed by atoms with Crippen LogP contribution in [-0.4, -0.2) is 19.5 Å². The zero-order valence-corrected chi connectivity index (χ0v) is 30.2. The number of nitrogens with zero attached hydrogens (tertiary/aromatic N) is 4. The first-order chi connectivity index (χ1) is 27.7. The number of aromatic nitrogens is 4. The molecule has 0 radical (unpaired) electrons. The Morgan fingerprint density at radius 1 is 0.339 bits per heavy atom. The van der Waals surface area contributed by atoms with Gasteiger partial charge in [-0.25, -0.2) is 15.0 Å². The molecule has 56 heavy (non-hydrogen) atoms. The van der Waals surface area contributed by atoms with Crippen LogP contribution < -0.4 is 0 Å².